The lowest BCUT2D eigenvalue weighted by Gasteiger charge is -2.08. The van der Waals surface area contributed by atoms with Crippen molar-refractivity contribution in [1.29, 1.82) is 0 Å². The zero-order chi connectivity index (χ0) is 16.8. The molecule has 2 aromatic rings. The van der Waals surface area contributed by atoms with Crippen molar-refractivity contribution >= 4 is 23.1 Å². The van der Waals surface area contributed by atoms with Gasteiger partial charge in [0.2, 0.25) is 5.91 Å². The number of anilines is 2. The molecule has 0 aliphatic rings. The van der Waals surface area contributed by atoms with E-state index in [0.717, 1.165) is 11.8 Å². The average molecular weight is 318 g/mol. The number of hydrogen-bond acceptors (Lipinski definition) is 5. The molecule has 1 amide bonds. The minimum absolute atomic E-state index is 0.103. The standard InChI is InChI=1S/C15H15FN4O3/c1-10-3-2-4-14(18-10)19-15(21)7-8-17-13-6-5-11(20(22)23)9-12(13)16/h2-6,9,17H,7-8H2,1H3,(H,18,19,21). The Labute approximate surface area is 131 Å². The third-order valence-corrected chi connectivity index (χ3v) is 2.99. The van der Waals surface area contributed by atoms with Gasteiger partial charge in [-0.15, -0.1) is 0 Å². The number of benzene rings is 1. The van der Waals surface area contributed by atoms with Gasteiger partial charge in [0.05, 0.1) is 16.7 Å². The van der Waals surface area contributed by atoms with Crippen molar-refractivity contribution in [2.45, 2.75) is 13.3 Å². The summed E-state index contributed by atoms with van der Waals surface area (Å²) in [5, 5.41) is 15.9. The predicted molar refractivity (Wildman–Crippen MR) is 83.8 cm³/mol. The molecule has 0 radical (unpaired) electrons. The Morgan fingerprint density at radius 1 is 1.35 bits per heavy atom. The maximum absolute atomic E-state index is 13.6. The van der Waals surface area contributed by atoms with Crippen molar-refractivity contribution in [3.8, 4) is 0 Å². The molecular formula is C15H15FN4O3. The van der Waals surface area contributed by atoms with Crippen LogP contribution in [-0.2, 0) is 4.79 Å². The third kappa shape index (κ3) is 4.73. The van der Waals surface area contributed by atoms with Gasteiger partial charge in [0.1, 0.15) is 5.82 Å². The number of carbonyl (C=O) groups is 1. The van der Waals surface area contributed by atoms with E-state index in [2.05, 4.69) is 15.6 Å². The van der Waals surface area contributed by atoms with Gasteiger partial charge in [-0.25, -0.2) is 9.37 Å². The second-order valence-corrected chi connectivity index (χ2v) is 4.81. The van der Waals surface area contributed by atoms with E-state index in [0.29, 0.717) is 5.82 Å². The second-order valence-electron chi connectivity index (χ2n) is 4.81. The molecule has 0 aliphatic heterocycles. The highest BCUT2D eigenvalue weighted by Crippen LogP contribution is 2.20. The number of hydrogen-bond donors (Lipinski definition) is 2. The van der Waals surface area contributed by atoms with Gasteiger partial charge in [-0.2, -0.15) is 0 Å². The van der Waals surface area contributed by atoms with Crippen LogP contribution >= 0.6 is 0 Å². The highest BCUT2D eigenvalue weighted by atomic mass is 19.1. The SMILES string of the molecule is Cc1cccc(NC(=O)CCNc2ccc([N+](=O)[O-])cc2F)n1. The molecule has 0 aliphatic carbocycles. The van der Waals surface area contributed by atoms with E-state index in [1.165, 1.54) is 12.1 Å². The molecule has 0 unspecified atom stereocenters. The first-order valence-electron chi connectivity index (χ1n) is 6.87. The summed E-state index contributed by atoms with van der Waals surface area (Å²) >= 11 is 0. The molecule has 1 aromatic heterocycles. The number of amides is 1. The second kappa shape index (κ2) is 7.30. The summed E-state index contributed by atoms with van der Waals surface area (Å²) in [4.78, 5) is 25.8. The average Bonchev–Trinajstić information content (AvgIpc) is 2.48. The molecule has 0 bridgehead atoms. The van der Waals surface area contributed by atoms with Gasteiger partial charge >= 0.3 is 0 Å². The highest BCUT2D eigenvalue weighted by molar-refractivity contribution is 5.90. The molecule has 0 spiro atoms. The summed E-state index contributed by atoms with van der Waals surface area (Å²) < 4.78 is 13.6. The fraction of sp³-hybridized carbons (Fsp3) is 0.200. The van der Waals surface area contributed by atoms with Crippen molar-refractivity contribution in [1.82, 2.24) is 4.98 Å². The number of rotatable bonds is 6. The van der Waals surface area contributed by atoms with Crippen LogP contribution in [-0.4, -0.2) is 22.4 Å². The van der Waals surface area contributed by atoms with Crippen LogP contribution in [0.25, 0.3) is 0 Å². The van der Waals surface area contributed by atoms with Crippen molar-refractivity contribution in [3.63, 3.8) is 0 Å². The smallest absolute Gasteiger partial charge is 0.272 e. The molecule has 8 heteroatoms. The molecule has 0 saturated heterocycles. The number of nitro groups is 1. The Bertz CT molecular complexity index is 736. The minimum atomic E-state index is -0.736. The van der Waals surface area contributed by atoms with Crippen molar-refractivity contribution in [3.05, 3.63) is 58.0 Å². The lowest BCUT2D eigenvalue weighted by atomic mass is 10.2. The monoisotopic (exact) mass is 318 g/mol. The van der Waals surface area contributed by atoms with Gasteiger partial charge in [0, 0.05) is 24.7 Å². The Morgan fingerprint density at radius 2 is 2.13 bits per heavy atom. The number of pyridine rings is 1. The summed E-state index contributed by atoms with van der Waals surface area (Å²) in [6.45, 7) is 2.00. The van der Waals surface area contributed by atoms with Crippen LogP contribution in [0.1, 0.15) is 12.1 Å². The first-order chi connectivity index (χ1) is 11.0. The van der Waals surface area contributed by atoms with E-state index < -0.39 is 10.7 Å². The minimum Gasteiger partial charge on any atom is -0.382 e. The molecule has 1 heterocycles. The molecule has 7 nitrogen and oxygen atoms in total. The molecule has 1 aromatic carbocycles. The number of halogens is 1. The van der Waals surface area contributed by atoms with E-state index in [1.54, 1.807) is 12.1 Å². The number of aryl methyl sites for hydroxylation is 1. The maximum Gasteiger partial charge on any atom is 0.272 e. The van der Waals surface area contributed by atoms with Gasteiger partial charge < -0.3 is 10.6 Å². The summed E-state index contributed by atoms with van der Waals surface area (Å²) in [6.07, 6.45) is 0.103. The largest absolute Gasteiger partial charge is 0.382 e. The van der Waals surface area contributed by atoms with Crippen LogP contribution in [0.2, 0.25) is 0 Å². The number of nitrogens with one attached hydrogen (secondary N) is 2. The molecule has 2 rings (SSSR count). The number of non-ortho nitro benzene ring substituents is 1. The van der Waals surface area contributed by atoms with Gasteiger partial charge in [-0.3, -0.25) is 14.9 Å². The molecule has 2 N–H and O–H groups in total. The first-order valence-corrected chi connectivity index (χ1v) is 6.87. The van der Waals surface area contributed by atoms with Crippen molar-refractivity contribution in [2.24, 2.45) is 0 Å². The van der Waals surface area contributed by atoms with Crippen molar-refractivity contribution < 1.29 is 14.1 Å². The molecule has 0 atom stereocenters. The van der Waals surface area contributed by atoms with Gasteiger partial charge in [-0.05, 0) is 25.1 Å². The lowest BCUT2D eigenvalue weighted by molar-refractivity contribution is -0.385. The Hall–Kier alpha value is -3.03. The summed E-state index contributed by atoms with van der Waals surface area (Å²) in [7, 11) is 0. The van der Waals surface area contributed by atoms with E-state index in [1.807, 2.05) is 13.0 Å². The Morgan fingerprint density at radius 3 is 2.78 bits per heavy atom. The zero-order valence-corrected chi connectivity index (χ0v) is 12.4. The molecular weight excluding hydrogens is 303 g/mol. The summed E-state index contributed by atoms with van der Waals surface area (Å²) in [6, 6.07) is 8.57. The Balaban J connectivity index is 1.85. The summed E-state index contributed by atoms with van der Waals surface area (Å²) in [5.41, 5.74) is 0.572. The van der Waals surface area contributed by atoms with Crippen LogP contribution in [0.3, 0.4) is 0 Å². The third-order valence-electron chi connectivity index (χ3n) is 2.99. The first kappa shape index (κ1) is 16.3. The van der Waals surface area contributed by atoms with E-state index >= 15 is 0 Å². The molecule has 0 saturated carbocycles. The summed E-state index contributed by atoms with van der Waals surface area (Å²) in [5.74, 6) is -0.547. The molecule has 120 valence electrons. The predicted octanol–water partition coefficient (Wildman–Crippen LogP) is 2.88. The lowest BCUT2D eigenvalue weighted by Crippen LogP contribution is -2.17. The topological polar surface area (TPSA) is 97.2 Å². The number of aromatic nitrogens is 1. The van der Waals surface area contributed by atoms with Crippen LogP contribution in [0.5, 0.6) is 0 Å². The highest BCUT2D eigenvalue weighted by Gasteiger charge is 2.11. The van der Waals surface area contributed by atoms with Gasteiger partial charge in [0.15, 0.2) is 5.82 Å². The Kier molecular flexibility index (Phi) is 5.19. The number of nitro benzene ring substituents is 1. The number of nitrogens with zero attached hydrogens (tertiary/aromatic N) is 2. The normalized spacial score (nSPS) is 10.2. The van der Waals surface area contributed by atoms with Crippen LogP contribution < -0.4 is 10.6 Å². The number of carbonyl (C=O) groups excluding carboxylic acids is 1. The van der Waals surface area contributed by atoms with Gasteiger partial charge in [-0.1, -0.05) is 6.07 Å². The fourth-order valence-corrected chi connectivity index (χ4v) is 1.89. The van der Waals surface area contributed by atoms with E-state index in [9.17, 15) is 19.3 Å². The van der Waals surface area contributed by atoms with Crippen LogP contribution in [0, 0.1) is 22.9 Å². The van der Waals surface area contributed by atoms with Gasteiger partial charge in [0.25, 0.3) is 5.69 Å². The molecule has 23 heavy (non-hydrogen) atoms. The maximum atomic E-state index is 13.6. The van der Waals surface area contributed by atoms with Crippen LogP contribution in [0.4, 0.5) is 21.6 Å². The van der Waals surface area contributed by atoms with E-state index in [4.69, 9.17) is 0 Å². The fourth-order valence-electron chi connectivity index (χ4n) is 1.89. The van der Waals surface area contributed by atoms with Crippen LogP contribution in [0.15, 0.2) is 36.4 Å². The van der Waals surface area contributed by atoms with E-state index in [-0.39, 0.29) is 30.2 Å². The quantitative estimate of drug-likeness (QED) is 0.630. The zero-order valence-electron chi connectivity index (χ0n) is 12.4. The van der Waals surface area contributed by atoms with Crippen molar-refractivity contribution in [2.75, 3.05) is 17.2 Å². The molecule has 0 fully saturated rings.